The molecule has 0 heterocycles. The van der Waals surface area contributed by atoms with E-state index in [2.05, 4.69) is 0 Å². The molecule has 1 rings (SSSR count). The summed E-state index contributed by atoms with van der Waals surface area (Å²) in [5.74, 6) is -3.61. The number of aliphatic carboxylic acids is 2. The average Bonchev–Trinajstić information content (AvgIpc) is 2.26. The first-order valence-corrected chi connectivity index (χ1v) is 4.77. The van der Waals surface area contributed by atoms with Gasteiger partial charge in [-0.3, -0.25) is 9.59 Å². The van der Waals surface area contributed by atoms with E-state index in [1.54, 1.807) is 30.3 Å². The molecule has 0 aliphatic rings. The van der Waals surface area contributed by atoms with Crippen molar-refractivity contribution in [2.75, 3.05) is 0 Å². The van der Waals surface area contributed by atoms with Crippen molar-refractivity contribution in [1.82, 2.24) is 0 Å². The highest BCUT2D eigenvalue weighted by molar-refractivity contribution is 5.82. The summed E-state index contributed by atoms with van der Waals surface area (Å²) in [7, 11) is 0. The van der Waals surface area contributed by atoms with Gasteiger partial charge in [0.05, 0.1) is 5.92 Å². The molecule has 0 aliphatic carbocycles. The molecule has 0 amide bonds. The van der Waals surface area contributed by atoms with E-state index in [4.69, 9.17) is 15.9 Å². The smallest absolute Gasteiger partial charge is 0.321 e. The summed E-state index contributed by atoms with van der Waals surface area (Å²) in [5.41, 5.74) is 6.09. The van der Waals surface area contributed by atoms with Gasteiger partial charge in [0.2, 0.25) is 0 Å². The van der Waals surface area contributed by atoms with Crippen LogP contribution in [0.25, 0.3) is 0 Å². The lowest BCUT2D eigenvalue weighted by Gasteiger charge is -2.16. The SMILES string of the molecule is N[C@H](C(=O)O)[C@@H](Cc1ccccc1)C(=O)O. The molecule has 5 nitrogen and oxygen atoms in total. The topological polar surface area (TPSA) is 101 Å². The Labute approximate surface area is 92.5 Å². The van der Waals surface area contributed by atoms with E-state index in [1.807, 2.05) is 0 Å². The van der Waals surface area contributed by atoms with E-state index < -0.39 is 23.9 Å². The molecule has 0 saturated carbocycles. The van der Waals surface area contributed by atoms with Crippen LogP contribution in [0.4, 0.5) is 0 Å². The second-order valence-corrected chi connectivity index (χ2v) is 3.50. The van der Waals surface area contributed by atoms with Gasteiger partial charge in [-0.2, -0.15) is 0 Å². The lowest BCUT2D eigenvalue weighted by molar-refractivity contribution is -0.149. The van der Waals surface area contributed by atoms with Crippen molar-refractivity contribution < 1.29 is 19.8 Å². The molecule has 1 aromatic rings. The lowest BCUT2D eigenvalue weighted by atomic mass is 9.93. The van der Waals surface area contributed by atoms with Crippen molar-refractivity contribution in [2.45, 2.75) is 12.5 Å². The van der Waals surface area contributed by atoms with E-state index in [-0.39, 0.29) is 6.42 Å². The second-order valence-electron chi connectivity index (χ2n) is 3.50. The predicted molar refractivity (Wildman–Crippen MR) is 56.9 cm³/mol. The van der Waals surface area contributed by atoms with Crippen LogP contribution in [0.2, 0.25) is 0 Å². The van der Waals surface area contributed by atoms with Crippen molar-refractivity contribution in [3.05, 3.63) is 35.9 Å². The Morgan fingerprint density at radius 3 is 2.12 bits per heavy atom. The number of carboxylic acids is 2. The van der Waals surface area contributed by atoms with Crippen molar-refractivity contribution in [1.29, 1.82) is 0 Å². The Hall–Kier alpha value is -1.88. The number of hydrogen-bond donors (Lipinski definition) is 3. The van der Waals surface area contributed by atoms with Gasteiger partial charge in [-0.05, 0) is 12.0 Å². The lowest BCUT2D eigenvalue weighted by Crippen LogP contribution is -2.43. The minimum absolute atomic E-state index is 0.115. The number of nitrogens with two attached hydrogens (primary N) is 1. The van der Waals surface area contributed by atoms with Crippen LogP contribution in [0.5, 0.6) is 0 Å². The van der Waals surface area contributed by atoms with Gasteiger partial charge in [0.25, 0.3) is 0 Å². The highest BCUT2D eigenvalue weighted by Crippen LogP contribution is 2.12. The Balaban J connectivity index is 2.81. The Bertz CT molecular complexity index is 377. The molecule has 0 fully saturated rings. The van der Waals surface area contributed by atoms with Gasteiger partial charge >= 0.3 is 11.9 Å². The summed E-state index contributed by atoms with van der Waals surface area (Å²) < 4.78 is 0. The monoisotopic (exact) mass is 223 g/mol. The molecule has 16 heavy (non-hydrogen) atoms. The highest BCUT2D eigenvalue weighted by atomic mass is 16.4. The van der Waals surface area contributed by atoms with Crippen LogP contribution in [0.15, 0.2) is 30.3 Å². The van der Waals surface area contributed by atoms with E-state index >= 15 is 0 Å². The van der Waals surface area contributed by atoms with Crippen molar-refractivity contribution in [2.24, 2.45) is 11.7 Å². The van der Waals surface area contributed by atoms with E-state index in [0.717, 1.165) is 5.56 Å². The average molecular weight is 223 g/mol. The Morgan fingerprint density at radius 2 is 1.69 bits per heavy atom. The quantitative estimate of drug-likeness (QED) is 0.668. The van der Waals surface area contributed by atoms with Crippen LogP contribution < -0.4 is 5.73 Å². The van der Waals surface area contributed by atoms with Gasteiger partial charge < -0.3 is 15.9 Å². The van der Waals surface area contributed by atoms with Gasteiger partial charge in [-0.15, -0.1) is 0 Å². The van der Waals surface area contributed by atoms with E-state index in [1.165, 1.54) is 0 Å². The number of carbonyl (C=O) groups is 2. The Morgan fingerprint density at radius 1 is 1.12 bits per heavy atom. The fraction of sp³-hybridized carbons (Fsp3) is 0.273. The fourth-order valence-electron chi connectivity index (χ4n) is 1.41. The van der Waals surface area contributed by atoms with E-state index in [0.29, 0.717) is 0 Å². The normalized spacial score (nSPS) is 14.1. The van der Waals surface area contributed by atoms with E-state index in [9.17, 15) is 9.59 Å². The first-order chi connectivity index (χ1) is 7.52. The number of benzene rings is 1. The van der Waals surface area contributed by atoms with Crippen LogP contribution >= 0.6 is 0 Å². The van der Waals surface area contributed by atoms with Gasteiger partial charge in [0.1, 0.15) is 6.04 Å². The standard InChI is InChI=1S/C11H13NO4/c12-9(11(15)16)8(10(13)14)6-7-4-2-1-3-5-7/h1-5,8-9H,6,12H2,(H,13,14)(H,15,16)/t8-,9+/m1/s1. The molecule has 0 spiro atoms. The van der Waals surface area contributed by atoms with Crippen LogP contribution in [-0.2, 0) is 16.0 Å². The van der Waals surface area contributed by atoms with Crippen molar-refractivity contribution in [3.63, 3.8) is 0 Å². The molecule has 4 N–H and O–H groups in total. The molecule has 1 aromatic carbocycles. The third kappa shape index (κ3) is 3.06. The third-order valence-electron chi connectivity index (χ3n) is 2.33. The minimum Gasteiger partial charge on any atom is -0.481 e. The molecule has 0 radical (unpaired) electrons. The molecule has 5 heteroatoms. The molecular weight excluding hydrogens is 210 g/mol. The predicted octanol–water partition coefficient (Wildman–Crippen LogP) is 0.342. The summed E-state index contributed by atoms with van der Waals surface area (Å²) in [5, 5.41) is 17.6. The van der Waals surface area contributed by atoms with Crippen LogP contribution in [0, 0.1) is 5.92 Å². The Kier molecular flexibility index (Phi) is 4.02. The molecule has 0 bridgehead atoms. The zero-order valence-electron chi connectivity index (χ0n) is 8.54. The van der Waals surface area contributed by atoms with Gasteiger partial charge in [0.15, 0.2) is 0 Å². The highest BCUT2D eigenvalue weighted by Gasteiger charge is 2.30. The number of rotatable bonds is 5. The molecule has 0 aliphatic heterocycles. The minimum atomic E-state index is -1.39. The molecule has 0 saturated heterocycles. The van der Waals surface area contributed by atoms with Crippen molar-refractivity contribution in [3.8, 4) is 0 Å². The van der Waals surface area contributed by atoms with Crippen LogP contribution in [0.1, 0.15) is 5.56 Å². The maximum Gasteiger partial charge on any atom is 0.321 e. The zero-order chi connectivity index (χ0) is 12.1. The fourth-order valence-corrected chi connectivity index (χ4v) is 1.41. The van der Waals surface area contributed by atoms with Crippen LogP contribution in [0.3, 0.4) is 0 Å². The zero-order valence-corrected chi connectivity index (χ0v) is 8.54. The number of hydrogen-bond acceptors (Lipinski definition) is 3. The molecule has 2 atom stereocenters. The van der Waals surface area contributed by atoms with Gasteiger partial charge in [0, 0.05) is 0 Å². The molecular formula is C11H13NO4. The van der Waals surface area contributed by atoms with Crippen molar-refractivity contribution >= 4 is 11.9 Å². The summed E-state index contributed by atoms with van der Waals surface area (Å²) in [4.78, 5) is 21.6. The maximum absolute atomic E-state index is 10.9. The third-order valence-corrected chi connectivity index (χ3v) is 2.33. The van der Waals surface area contributed by atoms with Gasteiger partial charge in [-0.1, -0.05) is 30.3 Å². The first-order valence-electron chi connectivity index (χ1n) is 4.77. The molecule has 0 aromatic heterocycles. The summed E-state index contributed by atoms with van der Waals surface area (Å²) >= 11 is 0. The number of carboxylic acid groups (broad SMARTS) is 2. The summed E-state index contributed by atoms with van der Waals surface area (Å²) in [6.45, 7) is 0. The second kappa shape index (κ2) is 5.27. The summed E-state index contributed by atoms with van der Waals surface area (Å²) in [6.07, 6.45) is 0.115. The van der Waals surface area contributed by atoms with Crippen LogP contribution in [-0.4, -0.2) is 28.2 Å². The maximum atomic E-state index is 10.9. The first kappa shape index (κ1) is 12.2. The molecule has 0 unspecified atom stereocenters. The largest absolute Gasteiger partial charge is 0.481 e. The van der Waals surface area contributed by atoms with Gasteiger partial charge in [-0.25, -0.2) is 0 Å². The summed E-state index contributed by atoms with van der Waals surface area (Å²) in [6, 6.07) is 7.42. The molecule has 86 valence electrons.